The minimum absolute atomic E-state index is 0. The number of aromatic nitrogens is 1. The molecule has 2 aliphatic rings. The van der Waals surface area contributed by atoms with E-state index in [1.165, 1.54) is 30.3 Å². The van der Waals surface area contributed by atoms with Gasteiger partial charge in [0.2, 0.25) is 15.9 Å². The molecule has 6 rings (SSSR count). The molecule has 0 saturated carbocycles. The molecule has 3 heterocycles. The second-order valence-electron chi connectivity index (χ2n) is 15.1. The van der Waals surface area contributed by atoms with Crippen molar-refractivity contribution >= 4 is 76.5 Å². The van der Waals surface area contributed by atoms with Crippen molar-refractivity contribution in [1.29, 1.82) is 0 Å². The molecule has 0 radical (unpaired) electrons. The van der Waals surface area contributed by atoms with Crippen LogP contribution in [0.15, 0.2) is 68.6 Å². The monoisotopic (exact) mass is 806 g/mol. The number of carbonyl (C=O) groups is 2. The number of rotatable bonds is 8. The summed E-state index contributed by atoms with van der Waals surface area (Å²) in [5.74, 6) is -1.57. The summed E-state index contributed by atoms with van der Waals surface area (Å²) in [5.41, 5.74) is -1.95. The SMILES string of the molecule is CC1(C)CC(=O)Nc2c(N=Nc3snc4ccc(S(=O)(=O)NC5CC(C)(C)N([O-])C(C)(C)C5)cc34)cc(NC(=O)c3cccc(S(=O)(=O)[O-])c3)c(O)c21.[Na+]. The van der Waals surface area contributed by atoms with Gasteiger partial charge in [-0.15, -0.1) is 10.2 Å². The topological polar surface area (TPSA) is 246 Å². The van der Waals surface area contributed by atoms with Gasteiger partial charge in [0.15, 0.2) is 5.00 Å². The van der Waals surface area contributed by atoms with E-state index in [4.69, 9.17) is 0 Å². The van der Waals surface area contributed by atoms with Crippen molar-refractivity contribution < 1.29 is 65.6 Å². The average Bonchev–Trinajstić information content (AvgIpc) is 3.45. The third-order valence-electron chi connectivity index (χ3n) is 9.36. The van der Waals surface area contributed by atoms with E-state index in [0.29, 0.717) is 23.7 Å². The normalized spacial score (nSPS) is 18.6. The van der Waals surface area contributed by atoms with Gasteiger partial charge in [-0.2, -0.15) is 4.37 Å². The van der Waals surface area contributed by atoms with Crippen molar-refractivity contribution in [2.45, 2.75) is 93.1 Å². The van der Waals surface area contributed by atoms with Crippen LogP contribution in [-0.4, -0.2) is 64.9 Å². The van der Waals surface area contributed by atoms with Crippen molar-refractivity contribution in [3.05, 3.63) is 64.9 Å². The van der Waals surface area contributed by atoms with E-state index in [1.807, 2.05) is 0 Å². The first kappa shape index (κ1) is 41.8. The first-order valence-corrected chi connectivity index (χ1v) is 20.0. The maximum atomic E-state index is 13.6. The standard InChI is InChI=1S/C34H38N7O9S3.Na/c1-32(2)17-26(42)36-28-24(14-25(29(43)27(28)32)35-30(44)18-8-7-9-21(12-18)53(48,49)50)37-38-31-22-13-20(10-11-23(22)39-51-31)52(46,47)40-19-15-33(3,4)41(45)34(5,6)16-19;/h7-14,19,40,43H,15-17H2,1-6H3,(H,35,44)(H,36,42)(H,48,49,50);/q-1;+1/p-1. The fourth-order valence-corrected chi connectivity index (χ4v) is 9.62. The van der Waals surface area contributed by atoms with Crippen LogP contribution in [0.25, 0.3) is 10.9 Å². The molecule has 0 spiro atoms. The van der Waals surface area contributed by atoms with Crippen LogP contribution in [0, 0.1) is 5.21 Å². The van der Waals surface area contributed by atoms with Crippen molar-refractivity contribution in [1.82, 2.24) is 14.2 Å². The maximum absolute atomic E-state index is 13.6. The Morgan fingerprint density at radius 1 is 1.00 bits per heavy atom. The van der Waals surface area contributed by atoms with Crippen molar-refractivity contribution in [3.8, 4) is 5.75 Å². The van der Waals surface area contributed by atoms with Crippen molar-refractivity contribution in [2.24, 2.45) is 10.2 Å². The van der Waals surface area contributed by atoms with Gasteiger partial charge >= 0.3 is 29.6 Å². The Morgan fingerprint density at radius 2 is 1.67 bits per heavy atom. The number of amides is 2. The molecule has 282 valence electrons. The molecule has 20 heteroatoms. The molecule has 1 saturated heterocycles. The molecule has 0 unspecified atom stereocenters. The number of phenols is 1. The van der Waals surface area contributed by atoms with Crippen LogP contribution >= 0.6 is 11.5 Å². The number of nitrogens with one attached hydrogen (secondary N) is 3. The number of fused-ring (bicyclic) bond motifs is 2. The van der Waals surface area contributed by atoms with Crippen LogP contribution in [0.5, 0.6) is 5.75 Å². The molecule has 0 atom stereocenters. The fraction of sp³-hybridized carbons (Fsp3) is 0.382. The summed E-state index contributed by atoms with van der Waals surface area (Å²) < 4.78 is 69.0. The van der Waals surface area contributed by atoms with Gasteiger partial charge in [-0.1, -0.05) is 19.9 Å². The number of anilines is 2. The largest absolute Gasteiger partial charge is 1.00 e. The maximum Gasteiger partial charge on any atom is 1.00 e. The number of phenolic OH excluding ortho intramolecular Hbond substituents is 1. The van der Waals surface area contributed by atoms with Gasteiger partial charge in [0.05, 0.1) is 26.7 Å². The van der Waals surface area contributed by atoms with Gasteiger partial charge in [-0.25, -0.2) is 21.6 Å². The molecule has 16 nitrogen and oxygen atoms in total. The second kappa shape index (κ2) is 14.6. The summed E-state index contributed by atoms with van der Waals surface area (Å²) in [6.07, 6.45) is 0.602. The van der Waals surface area contributed by atoms with Gasteiger partial charge in [0, 0.05) is 45.5 Å². The Hall–Kier alpha value is -3.37. The van der Waals surface area contributed by atoms with E-state index in [0.717, 1.165) is 28.7 Å². The van der Waals surface area contributed by atoms with Gasteiger partial charge in [0.25, 0.3) is 5.91 Å². The summed E-state index contributed by atoms with van der Waals surface area (Å²) in [6.45, 7) is 10.6. The van der Waals surface area contributed by atoms with E-state index >= 15 is 0 Å². The van der Waals surface area contributed by atoms with Crippen LogP contribution in [-0.2, 0) is 30.4 Å². The molecule has 2 aliphatic heterocycles. The van der Waals surface area contributed by atoms with Crippen LogP contribution in [0.2, 0.25) is 0 Å². The smallest absolute Gasteiger partial charge is 0.784 e. The Kier molecular flexibility index (Phi) is 11.3. The Morgan fingerprint density at radius 3 is 2.31 bits per heavy atom. The minimum Gasteiger partial charge on any atom is -0.784 e. The van der Waals surface area contributed by atoms with Crippen LogP contribution in [0.4, 0.5) is 22.1 Å². The van der Waals surface area contributed by atoms with E-state index in [2.05, 4.69) is 30.0 Å². The quantitative estimate of drug-likeness (QED) is 0.0873. The minimum atomic E-state index is -4.85. The van der Waals surface area contributed by atoms with Gasteiger partial charge in [-0.3, -0.25) is 9.59 Å². The predicted octanol–water partition coefficient (Wildman–Crippen LogP) is 3.00. The zero-order valence-electron chi connectivity index (χ0n) is 30.5. The second-order valence-corrected chi connectivity index (χ2v) is 18.9. The Labute approximate surface area is 338 Å². The third-order valence-corrected chi connectivity index (χ3v) is 12.5. The number of hydroxylamine groups is 2. The van der Waals surface area contributed by atoms with Crippen LogP contribution in [0.1, 0.15) is 76.7 Å². The Bertz CT molecular complexity index is 2410. The molecule has 3 aromatic carbocycles. The number of carbonyl (C=O) groups excluding carboxylic acids is 2. The first-order chi connectivity index (χ1) is 24.5. The number of aromatic hydroxyl groups is 1. The number of nitrogens with zero attached hydrogens (tertiary/aromatic N) is 4. The summed E-state index contributed by atoms with van der Waals surface area (Å²) >= 11 is 0.946. The molecule has 4 aromatic rings. The van der Waals surface area contributed by atoms with Crippen molar-refractivity contribution in [2.75, 3.05) is 10.6 Å². The number of hydrogen-bond donors (Lipinski definition) is 4. The zero-order chi connectivity index (χ0) is 38.9. The number of hydrogen-bond acceptors (Lipinski definition) is 14. The van der Waals surface area contributed by atoms with Crippen LogP contribution in [0.3, 0.4) is 0 Å². The van der Waals surface area contributed by atoms with Gasteiger partial charge in [-0.05, 0) is 94.5 Å². The third kappa shape index (κ3) is 8.25. The molecule has 54 heavy (non-hydrogen) atoms. The number of sulfonamides is 1. The average molecular weight is 807 g/mol. The molecule has 0 aliphatic carbocycles. The summed E-state index contributed by atoms with van der Waals surface area (Å²) in [7, 11) is -8.90. The number of benzene rings is 3. The van der Waals surface area contributed by atoms with Gasteiger partial charge < -0.3 is 30.6 Å². The molecule has 1 aromatic heterocycles. The van der Waals surface area contributed by atoms with Crippen LogP contribution < -0.4 is 44.9 Å². The zero-order valence-corrected chi connectivity index (χ0v) is 35.0. The molecular formula is C34H37N7NaO9S3-. The van der Waals surface area contributed by atoms with E-state index in [-0.39, 0.29) is 85.7 Å². The fourth-order valence-electron chi connectivity index (χ4n) is 7.16. The Balaban J connectivity index is 0.00000561. The predicted molar refractivity (Wildman–Crippen MR) is 197 cm³/mol. The van der Waals surface area contributed by atoms with Gasteiger partial charge in [0.1, 0.15) is 21.6 Å². The van der Waals surface area contributed by atoms with Crippen molar-refractivity contribution in [3.63, 3.8) is 0 Å². The van der Waals surface area contributed by atoms with E-state index in [9.17, 15) is 41.3 Å². The summed E-state index contributed by atoms with van der Waals surface area (Å²) in [6, 6.07) is 9.65. The summed E-state index contributed by atoms with van der Waals surface area (Å²) in [4.78, 5) is 25.3. The number of piperidine rings is 1. The molecular weight excluding hydrogens is 770 g/mol. The first-order valence-electron chi connectivity index (χ1n) is 16.4. The molecule has 2 amide bonds. The summed E-state index contributed by atoms with van der Waals surface area (Å²) in [5, 5.41) is 39.8. The molecule has 0 bridgehead atoms. The molecule has 4 N–H and O–H groups in total. The van der Waals surface area contributed by atoms with E-state index in [1.54, 1.807) is 47.6 Å². The van der Waals surface area contributed by atoms with E-state index < -0.39 is 53.5 Å². The molecule has 1 fully saturated rings. The number of azo groups is 1.